The minimum absolute atomic E-state index is 0.0165. The van der Waals surface area contributed by atoms with E-state index in [4.69, 9.17) is 11.6 Å². The molecule has 10 heteroatoms. The highest BCUT2D eigenvalue weighted by molar-refractivity contribution is 6.30. The summed E-state index contributed by atoms with van der Waals surface area (Å²) in [5.74, 6) is 0. The van der Waals surface area contributed by atoms with Crippen LogP contribution >= 0.6 is 11.6 Å². The van der Waals surface area contributed by atoms with Crippen molar-refractivity contribution in [1.82, 2.24) is 14.8 Å². The molecule has 4 aromatic rings. The van der Waals surface area contributed by atoms with Gasteiger partial charge in [0.1, 0.15) is 11.4 Å². The molecule has 0 aliphatic heterocycles. The van der Waals surface area contributed by atoms with Gasteiger partial charge in [-0.05, 0) is 30.3 Å². The van der Waals surface area contributed by atoms with E-state index in [2.05, 4.69) is 10.1 Å². The van der Waals surface area contributed by atoms with Gasteiger partial charge in [-0.1, -0.05) is 41.9 Å². The molecule has 0 aliphatic rings. The molecule has 0 radical (unpaired) electrons. The van der Waals surface area contributed by atoms with Gasteiger partial charge < -0.3 is 0 Å². The fourth-order valence-electron chi connectivity index (χ4n) is 3.04. The van der Waals surface area contributed by atoms with Crippen LogP contribution in [0.3, 0.4) is 0 Å². The zero-order valence-electron chi connectivity index (χ0n) is 14.8. The van der Waals surface area contributed by atoms with Gasteiger partial charge >= 0.3 is 12.4 Å². The molecule has 0 N–H and O–H groups in total. The number of alkyl halides is 6. The molecule has 2 aromatic carbocycles. The molecule has 0 saturated carbocycles. The van der Waals surface area contributed by atoms with Gasteiger partial charge in [-0.15, -0.1) is 0 Å². The molecule has 0 bridgehead atoms. The maximum absolute atomic E-state index is 13.8. The molecule has 4 rings (SSSR count). The largest absolute Gasteiger partial charge is 0.433 e. The van der Waals surface area contributed by atoms with Crippen molar-refractivity contribution < 1.29 is 26.3 Å². The molecular weight excluding hydrogens is 432 g/mol. The molecule has 0 saturated heterocycles. The van der Waals surface area contributed by atoms with Gasteiger partial charge in [0.2, 0.25) is 0 Å². The molecule has 0 atom stereocenters. The van der Waals surface area contributed by atoms with Crippen LogP contribution in [-0.2, 0) is 12.4 Å². The minimum Gasteiger partial charge on any atom is -0.223 e. The Morgan fingerprint density at radius 2 is 1.43 bits per heavy atom. The van der Waals surface area contributed by atoms with E-state index in [1.54, 1.807) is 18.2 Å². The van der Waals surface area contributed by atoms with Crippen molar-refractivity contribution in [1.29, 1.82) is 0 Å². The molecule has 2 aromatic heterocycles. The van der Waals surface area contributed by atoms with E-state index < -0.39 is 34.6 Å². The Labute approximate surface area is 170 Å². The van der Waals surface area contributed by atoms with Gasteiger partial charge in [0.05, 0.1) is 16.6 Å². The SMILES string of the molecule is FC(F)(F)c1cc(C(F)(F)F)c2c(-c3ccccc3)nn(-c3ccc(Cl)cc3)c2n1. The summed E-state index contributed by atoms with van der Waals surface area (Å²) in [5.41, 5.74) is -3.28. The number of fused-ring (bicyclic) bond motifs is 1. The van der Waals surface area contributed by atoms with Crippen LogP contribution in [0.1, 0.15) is 11.3 Å². The normalized spacial score (nSPS) is 12.5. The number of halogens is 7. The molecule has 0 amide bonds. The molecule has 0 spiro atoms. The lowest BCUT2D eigenvalue weighted by molar-refractivity contribution is -0.144. The quantitative estimate of drug-likeness (QED) is 0.321. The Kier molecular flexibility index (Phi) is 4.73. The summed E-state index contributed by atoms with van der Waals surface area (Å²) < 4.78 is 82.3. The number of nitrogens with zero attached hydrogens (tertiary/aromatic N) is 3. The van der Waals surface area contributed by atoms with Gasteiger partial charge in [-0.2, -0.15) is 31.4 Å². The van der Waals surface area contributed by atoms with Crippen LogP contribution in [0, 0.1) is 0 Å². The van der Waals surface area contributed by atoms with Gasteiger partial charge in [0.25, 0.3) is 0 Å². The number of rotatable bonds is 2. The van der Waals surface area contributed by atoms with Crippen LogP contribution < -0.4 is 0 Å². The monoisotopic (exact) mass is 441 g/mol. The number of hydrogen-bond donors (Lipinski definition) is 0. The second kappa shape index (κ2) is 7.02. The van der Waals surface area contributed by atoms with Gasteiger partial charge in [0.15, 0.2) is 5.65 Å². The first-order valence-electron chi connectivity index (χ1n) is 8.45. The summed E-state index contributed by atoms with van der Waals surface area (Å²) in [6.07, 6.45) is -10.1. The van der Waals surface area contributed by atoms with E-state index in [9.17, 15) is 26.3 Å². The first kappa shape index (κ1) is 20.2. The average molecular weight is 442 g/mol. The van der Waals surface area contributed by atoms with Crippen molar-refractivity contribution in [3.05, 3.63) is 76.9 Å². The van der Waals surface area contributed by atoms with Crippen molar-refractivity contribution in [2.45, 2.75) is 12.4 Å². The standard InChI is InChI=1S/C20H10ClF6N3/c21-12-6-8-13(9-7-12)30-18-16(17(29-30)11-4-2-1-3-5-11)14(19(22,23)24)10-15(28-18)20(25,26)27/h1-10H. The first-order chi connectivity index (χ1) is 14.1. The molecular formula is C20H10ClF6N3. The summed E-state index contributed by atoms with van der Waals surface area (Å²) >= 11 is 5.85. The van der Waals surface area contributed by atoms with Crippen molar-refractivity contribution in [2.24, 2.45) is 0 Å². The minimum atomic E-state index is -5.07. The Balaban J connectivity index is 2.15. The van der Waals surface area contributed by atoms with E-state index in [1.165, 1.54) is 36.4 Å². The van der Waals surface area contributed by atoms with Crippen LogP contribution in [0.2, 0.25) is 5.02 Å². The predicted molar refractivity (Wildman–Crippen MR) is 99.3 cm³/mol. The molecule has 0 aliphatic carbocycles. The lowest BCUT2D eigenvalue weighted by atomic mass is 10.0. The molecule has 2 heterocycles. The number of pyridine rings is 1. The molecule has 0 unspecified atom stereocenters. The maximum Gasteiger partial charge on any atom is 0.433 e. The van der Waals surface area contributed by atoms with Crippen LogP contribution in [0.15, 0.2) is 60.7 Å². The van der Waals surface area contributed by atoms with Crippen molar-refractivity contribution in [3.63, 3.8) is 0 Å². The summed E-state index contributed by atoms with van der Waals surface area (Å²) in [7, 11) is 0. The van der Waals surface area contributed by atoms with Crippen LogP contribution in [0.5, 0.6) is 0 Å². The summed E-state index contributed by atoms with van der Waals surface area (Å²) in [6, 6.07) is 13.7. The third-order valence-corrected chi connectivity index (χ3v) is 4.60. The van der Waals surface area contributed by atoms with Crippen molar-refractivity contribution >= 4 is 22.6 Å². The Hall–Kier alpha value is -3.07. The highest BCUT2D eigenvalue weighted by Crippen LogP contribution is 2.42. The highest BCUT2D eigenvalue weighted by atomic mass is 35.5. The summed E-state index contributed by atoms with van der Waals surface area (Å²) in [5, 5.41) is 4.03. The Morgan fingerprint density at radius 3 is 2.00 bits per heavy atom. The zero-order chi connectivity index (χ0) is 21.7. The van der Waals surface area contributed by atoms with Crippen molar-refractivity contribution in [2.75, 3.05) is 0 Å². The molecule has 0 fully saturated rings. The third-order valence-electron chi connectivity index (χ3n) is 4.35. The van der Waals surface area contributed by atoms with E-state index in [0.29, 0.717) is 10.6 Å². The second-order valence-corrected chi connectivity index (χ2v) is 6.79. The topological polar surface area (TPSA) is 30.7 Å². The smallest absolute Gasteiger partial charge is 0.223 e. The highest BCUT2D eigenvalue weighted by Gasteiger charge is 2.41. The fourth-order valence-corrected chi connectivity index (χ4v) is 3.17. The van der Waals surface area contributed by atoms with Crippen LogP contribution in [0.4, 0.5) is 26.3 Å². The summed E-state index contributed by atoms with van der Waals surface area (Å²) in [6.45, 7) is 0. The van der Waals surface area contributed by atoms with E-state index in [-0.39, 0.29) is 17.4 Å². The fraction of sp³-hybridized carbons (Fsp3) is 0.100. The van der Waals surface area contributed by atoms with E-state index in [0.717, 1.165) is 4.68 Å². The summed E-state index contributed by atoms with van der Waals surface area (Å²) in [4.78, 5) is 3.51. The molecule has 3 nitrogen and oxygen atoms in total. The lowest BCUT2D eigenvalue weighted by Crippen LogP contribution is -2.14. The Morgan fingerprint density at radius 1 is 0.800 bits per heavy atom. The van der Waals surface area contributed by atoms with Crippen LogP contribution in [-0.4, -0.2) is 14.8 Å². The van der Waals surface area contributed by atoms with Gasteiger partial charge in [-0.3, -0.25) is 0 Å². The second-order valence-electron chi connectivity index (χ2n) is 6.35. The maximum atomic E-state index is 13.8. The average Bonchev–Trinajstić information content (AvgIpc) is 3.07. The van der Waals surface area contributed by atoms with E-state index in [1.807, 2.05) is 0 Å². The number of aromatic nitrogens is 3. The lowest BCUT2D eigenvalue weighted by Gasteiger charge is -2.13. The predicted octanol–water partition coefficient (Wildman–Crippen LogP) is 6.78. The van der Waals surface area contributed by atoms with E-state index >= 15 is 0 Å². The van der Waals surface area contributed by atoms with Gasteiger partial charge in [0, 0.05) is 10.6 Å². The van der Waals surface area contributed by atoms with Crippen molar-refractivity contribution in [3.8, 4) is 16.9 Å². The van der Waals surface area contributed by atoms with Gasteiger partial charge in [-0.25, -0.2) is 9.67 Å². The molecule has 30 heavy (non-hydrogen) atoms. The number of benzene rings is 2. The Bertz CT molecular complexity index is 1210. The third kappa shape index (κ3) is 3.60. The zero-order valence-corrected chi connectivity index (χ0v) is 15.5. The van der Waals surface area contributed by atoms with Crippen LogP contribution in [0.25, 0.3) is 28.0 Å². The number of hydrogen-bond acceptors (Lipinski definition) is 2. The molecule has 154 valence electrons. The first-order valence-corrected chi connectivity index (χ1v) is 8.83.